The number of hydrogen-bond donors (Lipinski definition) is 2. The van der Waals surface area contributed by atoms with Crippen molar-refractivity contribution in [1.29, 1.82) is 0 Å². The molecule has 8 nitrogen and oxygen atoms in total. The first kappa shape index (κ1) is 30.1. The van der Waals surface area contributed by atoms with E-state index in [0.29, 0.717) is 40.8 Å². The van der Waals surface area contributed by atoms with Crippen molar-refractivity contribution in [2.75, 3.05) is 11.5 Å². The highest BCUT2D eigenvalue weighted by atomic mass is 32.2. The molecule has 47 heavy (non-hydrogen) atoms. The monoisotopic (exact) mass is 660 g/mol. The zero-order chi connectivity index (χ0) is 32.8. The molecule has 0 fully saturated rings. The van der Waals surface area contributed by atoms with E-state index in [9.17, 15) is 16.8 Å². The fourth-order valence-corrected chi connectivity index (χ4v) is 8.02. The Kier molecular flexibility index (Phi) is 7.46. The molecule has 0 heterocycles. The van der Waals surface area contributed by atoms with Crippen molar-refractivity contribution in [2.45, 2.75) is 26.0 Å². The molecule has 10 heteroatoms. The van der Waals surface area contributed by atoms with Gasteiger partial charge in [0.15, 0.2) is 0 Å². The molecule has 1 aliphatic carbocycles. The minimum absolute atomic E-state index is 0.163. The first-order valence-electron chi connectivity index (χ1n) is 14.6. The summed E-state index contributed by atoms with van der Waals surface area (Å²) in [5.41, 5.74) is 16.8. The van der Waals surface area contributed by atoms with Gasteiger partial charge in [0.05, 0.1) is 19.6 Å². The maximum Gasteiger partial charge on any atom is 0.206 e. The van der Waals surface area contributed by atoms with Crippen LogP contribution in [0.15, 0.2) is 153 Å². The van der Waals surface area contributed by atoms with Gasteiger partial charge in [-0.2, -0.15) is 0 Å². The predicted molar refractivity (Wildman–Crippen MR) is 180 cm³/mol. The van der Waals surface area contributed by atoms with Gasteiger partial charge in [0.25, 0.3) is 0 Å². The molecule has 0 aliphatic heterocycles. The fourth-order valence-electron chi connectivity index (χ4n) is 5.50. The maximum absolute atomic E-state index is 13.0. The first-order valence-corrected chi connectivity index (χ1v) is 17.6. The number of ether oxygens (including phenoxy) is 2. The molecule has 6 aromatic rings. The van der Waals surface area contributed by atoms with Gasteiger partial charge in [-0.1, -0.05) is 12.1 Å². The summed E-state index contributed by atoms with van der Waals surface area (Å²) >= 11 is 0. The standard InChI is InChI=1S/C37H28N2O6S2/c38-26-1-11-32(12-2-26)46(40,41)34-15-5-28(6-16-34)44-30-9-19-36-24(22-30)21-25-23-31(10-20-37(25)36)45-29-7-17-35(18-8-29)47(42,43)33-13-3-27(39)4-14-33/h1-20,22-23H,21,38-39H2. The molecule has 0 saturated carbocycles. The molecule has 0 radical (unpaired) electrons. The number of sulfone groups is 2. The smallest absolute Gasteiger partial charge is 0.206 e. The second-order valence-electron chi connectivity index (χ2n) is 11.1. The molecule has 0 atom stereocenters. The number of nitrogen functional groups attached to an aromatic ring is 2. The predicted octanol–water partition coefficient (Wildman–Crippen LogP) is 7.67. The van der Waals surface area contributed by atoms with Crippen LogP contribution in [0.4, 0.5) is 11.4 Å². The van der Waals surface area contributed by atoms with Crippen LogP contribution in [0.3, 0.4) is 0 Å². The van der Waals surface area contributed by atoms with Gasteiger partial charge >= 0.3 is 0 Å². The van der Waals surface area contributed by atoms with Gasteiger partial charge in [0, 0.05) is 11.4 Å². The summed E-state index contributed by atoms with van der Waals surface area (Å²) in [6.45, 7) is 0. The number of nitrogens with two attached hydrogens (primary N) is 2. The Hall–Kier alpha value is -5.58. The summed E-state index contributed by atoms with van der Waals surface area (Å²) in [4.78, 5) is 0.671. The average Bonchev–Trinajstić information content (AvgIpc) is 3.42. The van der Waals surface area contributed by atoms with Crippen LogP contribution in [0.2, 0.25) is 0 Å². The highest BCUT2D eigenvalue weighted by Crippen LogP contribution is 2.41. The van der Waals surface area contributed by atoms with E-state index in [-0.39, 0.29) is 19.6 Å². The van der Waals surface area contributed by atoms with Crippen LogP contribution in [-0.4, -0.2) is 16.8 Å². The summed E-state index contributed by atoms with van der Waals surface area (Å²) in [6.07, 6.45) is 0.677. The molecular formula is C37H28N2O6S2. The second-order valence-corrected chi connectivity index (χ2v) is 15.0. The SMILES string of the molecule is Nc1ccc(S(=O)(=O)c2ccc(Oc3ccc4c(c3)Cc3cc(Oc5ccc(S(=O)(=O)c6ccc(N)cc6)cc5)ccc3-4)cc2)cc1. The molecule has 234 valence electrons. The topological polar surface area (TPSA) is 139 Å². The van der Waals surface area contributed by atoms with Crippen molar-refractivity contribution in [2.24, 2.45) is 0 Å². The Labute approximate surface area is 272 Å². The molecule has 0 amide bonds. The summed E-state index contributed by atoms with van der Waals surface area (Å²) in [6, 6.07) is 36.6. The highest BCUT2D eigenvalue weighted by molar-refractivity contribution is 7.91. The summed E-state index contributed by atoms with van der Waals surface area (Å²) in [5, 5.41) is 0. The van der Waals surface area contributed by atoms with Crippen molar-refractivity contribution in [3.63, 3.8) is 0 Å². The van der Waals surface area contributed by atoms with Gasteiger partial charge in [-0.15, -0.1) is 0 Å². The Morgan fingerprint density at radius 2 is 0.702 bits per heavy atom. The minimum Gasteiger partial charge on any atom is -0.457 e. The maximum atomic E-state index is 13.0. The van der Waals surface area contributed by atoms with E-state index >= 15 is 0 Å². The first-order chi connectivity index (χ1) is 22.6. The molecule has 4 N–H and O–H groups in total. The molecule has 6 aromatic carbocycles. The van der Waals surface area contributed by atoms with Crippen LogP contribution in [0.5, 0.6) is 23.0 Å². The Balaban J connectivity index is 1.03. The third-order valence-electron chi connectivity index (χ3n) is 7.94. The van der Waals surface area contributed by atoms with Crippen molar-refractivity contribution in [3.8, 4) is 34.1 Å². The molecule has 0 unspecified atom stereocenters. The van der Waals surface area contributed by atoms with Gasteiger partial charge in [-0.25, -0.2) is 16.8 Å². The van der Waals surface area contributed by atoms with Gasteiger partial charge in [0.2, 0.25) is 19.7 Å². The lowest BCUT2D eigenvalue weighted by Gasteiger charge is -2.10. The second kappa shape index (κ2) is 11.7. The minimum atomic E-state index is -3.68. The van der Waals surface area contributed by atoms with Crippen molar-refractivity contribution in [3.05, 3.63) is 145 Å². The number of benzene rings is 6. The van der Waals surface area contributed by atoms with Gasteiger partial charge in [-0.3, -0.25) is 0 Å². The number of rotatable bonds is 8. The lowest BCUT2D eigenvalue weighted by molar-refractivity contribution is 0.481. The van der Waals surface area contributed by atoms with Crippen LogP contribution in [-0.2, 0) is 26.1 Å². The van der Waals surface area contributed by atoms with Crippen LogP contribution < -0.4 is 20.9 Å². The van der Waals surface area contributed by atoms with E-state index in [1.807, 2.05) is 36.4 Å². The lowest BCUT2D eigenvalue weighted by Crippen LogP contribution is -2.02. The van der Waals surface area contributed by atoms with Crippen LogP contribution in [0.25, 0.3) is 11.1 Å². The normalized spacial score (nSPS) is 12.3. The average molecular weight is 661 g/mol. The lowest BCUT2D eigenvalue weighted by atomic mass is 10.1. The summed E-state index contributed by atoms with van der Waals surface area (Å²) in [5.74, 6) is 2.30. The molecule has 0 bridgehead atoms. The van der Waals surface area contributed by atoms with E-state index in [2.05, 4.69) is 0 Å². The fraction of sp³-hybridized carbons (Fsp3) is 0.0270. The van der Waals surface area contributed by atoms with Crippen LogP contribution >= 0.6 is 0 Å². The van der Waals surface area contributed by atoms with E-state index < -0.39 is 19.7 Å². The van der Waals surface area contributed by atoms with Crippen molar-refractivity contribution in [1.82, 2.24) is 0 Å². The Bertz CT molecular complexity index is 2170. The Morgan fingerprint density at radius 3 is 1.04 bits per heavy atom. The van der Waals surface area contributed by atoms with Crippen molar-refractivity contribution >= 4 is 31.0 Å². The quantitative estimate of drug-likeness (QED) is 0.158. The third kappa shape index (κ3) is 5.92. The number of hydrogen-bond acceptors (Lipinski definition) is 8. The van der Waals surface area contributed by atoms with Crippen LogP contribution in [0, 0.1) is 0 Å². The van der Waals surface area contributed by atoms with E-state index in [4.69, 9.17) is 20.9 Å². The number of anilines is 2. The molecule has 1 aliphatic rings. The van der Waals surface area contributed by atoms with Crippen molar-refractivity contribution < 1.29 is 26.3 Å². The van der Waals surface area contributed by atoms with Gasteiger partial charge < -0.3 is 20.9 Å². The van der Waals surface area contributed by atoms with Gasteiger partial charge in [0.1, 0.15) is 23.0 Å². The molecule has 7 rings (SSSR count). The zero-order valence-corrected chi connectivity index (χ0v) is 26.5. The molecule has 0 saturated heterocycles. The summed E-state index contributed by atoms with van der Waals surface area (Å²) < 4.78 is 64.0. The summed E-state index contributed by atoms with van der Waals surface area (Å²) in [7, 11) is -7.35. The molecular weight excluding hydrogens is 633 g/mol. The van der Waals surface area contributed by atoms with E-state index in [0.717, 1.165) is 22.3 Å². The van der Waals surface area contributed by atoms with E-state index in [1.165, 1.54) is 48.5 Å². The Morgan fingerprint density at radius 1 is 0.404 bits per heavy atom. The van der Waals surface area contributed by atoms with E-state index in [1.54, 1.807) is 48.5 Å². The molecule has 0 spiro atoms. The zero-order valence-electron chi connectivity index (χ0n) is 24.8. The van der Waals surface area contributed by atoms with Crippen LogP contribution in [0.1, 0.15) is 11.1 Å². The van der Waals surface area contributed by atoms with Gasteiger partial charge in [-0.05, 0) is 150 Å². The molecule has 0 aromatic heterocycles. The third-order valence-corrected chi connectivity index (χ3v) is 11.5. The number of fused-ring (bicyclic) bond motifs is 3. The largest absolute Gasteiger partial charge is 0.457 e. The highest BCUT2D eigenvalue weighted by Gasteiger charge is 2.22.